The number of amides is 1. The molecule has 0 saturated heterocycles. The van der Waals surface area contributed by atoms with E-state index in [0.717, 1.165) is 36.6 Å². The first kappa shape index (κ1) is 23.6. The number of hydrogen-bond acceptors (Lipinski definition) is 4. The Kier molecular flexibility index (Phi) is 7.28. The van der Waals surface area contributed by atoms with Gasteiger partial charge in [-0.1, -0.05) is 35.2 Å². The van der Waals surface area contributed by atoms with Crippen LogP contribution < -0.4 is 5.32 Å². The molecule has 1 aromatic heterocycles. The number of nitrogens with one attached hydrogen (secondary N) is 2. The first-order valence-electron chi connectivity index (χ1n) is 11.6. The van der Waals surface area contributed by atoms with E-state index in [2.05, 4.69) is 32.3 Å². The number of aromatic nitrogens is 1. The van der Waals surface area contributed by atoms with Gasteiger partial charge in [0.25, 0.3) is 0 Å². The second-order valence-corrected chi connectivity index (χ2v) is 10.3. The highest BCUT2D eigenvalue weighted by molar-refractivity contribution is 9.10. The van der Waals surface area contributed by atoms with E-state index in [4.69, 9.17) is 0 Å². The van der Waals surface area contributed by atoms with Gasteiger partial charge in [0.1, 0.15) is 17.5 Å². The molecule has 0 aliphatic heterocycles. The van der Waals surface area contributed by atoms with E-state index in [0.29, 0.717) is 36.1 Å². The summed E-state index contributed by atoms with van der Waals surface area (Å²) in [5.74, 6) is -1.76. The van der Waals surface area contributed by atoms with Crippen molar-refractivity contribution in [3.63, 3.8) is 0 Å². The number of nitrogens with zero attached hydrogens (tertiary/aromatic N) is 1. The van der Waals surface area contributed by atoms with Gasteiger partial charge in [-0.2, -0.15) is 5.26 Å². The third-order valence-corrected chi connectivity index (χ3v) is 7.26. The molecule has 174 valence electrons. The number of nitriles is 1. The Morgan fingerprint density at radius 3 is 2.73 bits per heavy atom. The smallest absolute Gasteiger partial charge is 0.224 e. The van der Waals surface area contributed by atoms with Crippen molar-refractivity contribution in [3.8, 4) is 6.07 Å². The van der Waals surface area contributed by atoms with E-state index < -0.39 is 23.6 Å². The van der Waals surface area contributed by atoms with Crippen molar-refractivity contribution >= 4 is 44.3 Å². The lowest BCUT2D eigenvalue weighted by Crippen LogP contribution is -2.41. The highest BCUT2D eigenvalue weighted by Gasteiger charge is 2.34. The number of hydrogen-bond donors (Lipinski definition) is 2. The summed E-state index contributed by atoms with van der Waals surface area (Å²) in [6.45, 7) is 0. The molecule has 0 radical (unpaired) electrons. The van der Waals surface area contributed by atoms with Crippen LogP contribution in [-0.2, 0) is 9.59 Å². The molecule has 2 aromatic rings. The number of carbonyl (C=O) groups excluding carboxylic acids is 3. The number of halogens is 2. The molecule has 6 nitrogen and oxygen atoms in total. The Morgan fingerprint density at radius 2 is 2.03 bits per heavy atom. The molecule has 1 heterocycles. The summed E-state index contributed by atoms with van der Waals surface area (Å²) in [5.41, 5.74) is 0.386. The van der Waals surface area contributed by atoms with E-state index in [1.165, 1.54) is 0 Å². The Hall–Kier alpha value is -2.53. The van der Waals surface area contributed by atoms with Crippen LogP contribution in [0.5, 0.6) is 0 Å². The van der Waals surface area contributed by atoms with Gasteiger partial charge in [0, 0.05) is 34.5 Å². The third kappa shape index (κ3) is 5.70. The number of fused-ring (bicyclic) bond motifs is 1. The monoisotopic (exact) mass is 515 g/mol. The van der Waals surface area contributed by atoms with Crippen molar-refractivity contribution in [2.75, 3.05) is 0 Å². The number of H-pyrrole nitrogens is 1. The maximum absolute atomic E-state index is 14.9. The second-order valence-electron chi connectivity index (χ2n) is 9.34. The summed E-state index contributed by atoms with van der Waals surface area (Å²) in [6.07, 6.45) is 5.82. The Bertz CT molecular complexity index is 1120. The van der Waals surface area contributed by atoms with Crippen LogP contribution in [0.15, 0.2) is 22.7 Å². The molecule has 1 aromatic carbocycles. The molecule has 3 atom stereocenters. The fourth-order valence-corrected chi connectivity index (χ4v) is 5.08. The van der Waals surface area contributed by atoms with Gasteiger partial charge < -0.3 is 10.3 Å². The van der Waals surface area contributed by atoms with Gasteiger partial charge in [0.15, 0.2) is 11.6 Å². The molecule has 0 bridgehead atoms. The summed E-state index contributed by atoms with van der Waals surface area (Å²) in [7, 11) is 0. The summed E-state index contributed by atoms with van der Waals surface area (Å²) in [5, 5.41) is 12.6. The number of rotatable bonds is 9. The minimum atomic E-state index is -0.775. The van der Waals surface area contributed by atoms with Crippen LogP contribution in [0, 0.1) is 34.9 Å². The second kappa shape index (κ2) is 10.2. The molecule has 2 aliphatic carbocycles. The van der Waals surface area contributed by atoms with Crippen molar-refractivity contribution in [3.05, 3.63) is 34.2 Å². The van der Waals surface area contributed by atoms with Crippen LogP contribution in [0.1, 0.15) is 68.3 Å². The average molecular weight is 516 g/mol. The molecule has 3 unspecified atom stereocenters. The van der Waals surface area contributed by atoms with Gasteiger partial charge >= 0.3 is 0 Å². The molecule has 1 amide bonds. The van der Waals surface area contributed by atoms with Gasteiger partial charge in [0.2, 0.25) is 5.91 Å². The minimum absolute atomic E-state index is 0.124. The van der Waals surface area contributed by atoms with E-state index in [-0.39, 0.29) is 29.7 Å². The molecule has 8 heteroatoms. The number of aromatic amines is 1. The summed E-state index contributed by atoms with van der Waals surface area (Å²) in [4.78, 5) is 41.0. The van der Waals surface area contributed by atoms with Crippen LogP contribution >= 0.6 is 15.9 Å². The predicted octanol–water partition coefficient (Wildman–Crippen LogP) is 5.22. The van der Waals surface area contributed by atoms with Crippen LogP contribution in [-0.4, -0.2) is 28.5 Å². The number of carbonyl (C=O) groups is 3. The molecule has 2 fully saturated rings. The summed E-state index contributed by atoms with van der Waals surface area (Å²) >= 11 is 3.34. The molecule has 2 N–H and O–H groups in total. The van der Waals surface area contributed by atoms with Gasteiger partial charge in [-0.25, -0.2) is 4.39 Å². The maximum Gasteiger partial charge on any atom is 0.224 e. The quantitative estimate of drug-likeness (QED) is 0.447. The number of benzene rings is 1. The zero-order chi connectivity index (χ0) is 23.5. The van der Waals surface area contributed by atoms with Crippen molar-refractivity contribution in [1.29, 1.82) is 5.26 Å². The maximum atomic E-state index is 14.9. The van der Waals surface area contributed by atoms with E-state index in [9.17, 15) is 24.0 Å². The fourth-order valence-electron chi connectivity index (χ4n) is 4.71. The predicted molar refractivity (Wildman–Crippen MR) is 125 cm³/mol. The summed E-state index contributed by atoms with van der Waals surface area (Å²) < 4.78 is 15.6. The van der Waals surface area contributed by atoms with Crippen molar-refractivity contribution < 1.29 is 18.8 Å². The molecule has 0 spiro atoms. The van der Waals surface area contributed by atoms with Crippen LogP contribution in [0.4, 0.5) is 4.39 Å². The molecule has 2 saturated carbocycles. The van der Waals surface area contributed by atoms with Crippen molar-refractivity contribution in [2.24, 2.45) is 17.8 Å². The zero-order valence-electron chi connectivity index (χ0n) is 18.3. The standard InChI is InChI=1S/C25H27BrFN3O3/c26-17-7-8-19-20(12-17)30-24(23(19)27)22(32)11-16(9-14-5-6-14)25(33)29-18(13-28)10-15-3-1-2-4-21(15)31/h7-8,12,14-16,18,30H,1-6,9-11H2,(H,29,33). The van der Waals surface area contributed by atoms with E-state index in [1.807, 2.05) is 0 Å². The van der Waals surface area contributed by atoms with Gasteiger partial charge in [-0.3, -0.25) is 14.4 Å². The first-order chi connectivity index (χ1) is 15.9. The van der Waals surface area contributed by atoms with Crippen LogP contribution in [0.25, 0.3) is 10.9 Å². The van der Waals surface area contributed by atoms with Crippen LogP contribution in [0.3, 0.4) is 0 Å². The lowest BCUT2D eigenvalue weighted by molar-refractivity contribution is -0.127. The van der Waals surface area contributed by atoms with Gasteiger partial charge in [0.05, 0.1) is 11.6 Å². The highest BCUT2D eigenvalue weighted by atomic mass is 79.9. The largest absolute Gasteiger partial charge is 0.350 e. The zero-order valence-corrected chi connectivity index (χ0v) is 19.9. The van der Waals surface area contributed by atoms with Gasteiger partial charge in [-0.05, 0) is 49.8 Å². The Morgan fingerprint density at radius 1 is 1.24 bits per heavy atom. The molecular formula is C25H27BrFN3O3. The molecular weight excluding hydrogens is 489 g/mol. The van der Waals surface area contributed by atoms with Gasteiger partial charge in [-0.15, -0.1) is 0 Å². The Labute approximate surface area is 200 Å². The number of Topliss-reactive ketones (excluding diaryl/α,β-unsaturated/α-hetero) is 2. The normalized spacial score (nSPS) is 20.3. The SMILES string of the molecule is N#CC(CC1CCCCC1=O)NC(=O)C(CC(=O)c1[nH]c2cc(Br)ccc2c1F)CC1CC1. The average Bonchev–Trinajstić information content (AvgIpc) is 3.55. The topological polar surface area (TPSA) is 103 Å². The molecule has 4 rings (SSSR count). The molecule has 2 aliphatic rings. The van der Waals surface area contributed by atoms with E-state index in [1.54, 1.807) is 18.2 Å². The third-order valence-electron chi connectivity index (χ3n) is 6.77. The fraction of sp³-hybridized carbons (Fsp3) is 0.520. The lowest BCUT2D eigenvalue weighted by Gasteiger charge is -2.24. The molecule has 33 heavy (non-hydrogen) atoms. The lowest BCUT2D eigenvalue weighted by atomic mass is 9.83. The first-order valence-corrected chi connectivity index (χ1v) is 12.4. The number of ketones is 2. The Balaban J connectivity index is 1.45. The van der Waals surface area contributed by atoms with Crippen molar-refractivity contribution in [1.82, 2.24) is 10.3 Å². The van der Waals surface area contributed by atoms with E-state index >= 15 is 0 Å². The van der Waals surface area contributed by atoms with Crippen molar-refractivity contribution in [2.45, 2.75) is 63.8 Å². The highest BCUT2D eigenvalue weighted by Crippen LogP contribution is 2.37. The van der Waals surface area contributed by atoms with Crippen LogP contribution in [0.2, 0.25) is 0 Å². The summed E-state index contributed by atoms with van der Waals surface area (Å²) in [6, 6.07) is 6.33. The minimum Gasteiger partial charge on any atom is -0.350 e.